The highest BCUT2D eigenvalue weighted by Gasteiger charge is 2.35. The molecule has 2 heteroatoms. The molecule has 9 aromatic rings. The van der Waals surface area contributed by atoms with Gasteiger partial charge in [0.15, 0.2) is 0 Å². The van der Waals surface area contributed by atoms with Crippen LogP contribution in [-0.2, 0) is 5.41 Å². The highest BCUT2D eigenvalue weighted by atomic mass is 16.1. The smallest absolute Gasteiger partial charge is 0.263 e. The van der Waals surface area contributed by atoms with Crippen molar-refractivity contribution in [1.29, 1.82) is 0 Å². The van der Waals surface area contributed by atoms with Crippen LogP contribution in [0.4, 0.5) is 0 Å². The summed E-state index contributed by atoms with van der Waals surface area (Å²) in [4.78, 5) is 14.0. The van der Waals surface area contributed by atoms with E-state index in [0.29, 0.717) is 5.39 Å². The normalized spacial score (nSPS) is 13.2. The summed E-state index contributed by atoms with van der Waals surface area (Å²) in [5.74, 6) is 0. The summed E-state index contributed by atoms with van der Waals surface area (Å²) in [6.45, 7) is 4.70. The van der Waals surface area contributed by atoms with E-state index in [9.17, 15) is 4.79 Å². The van der Waals surface area contributed by atoms with E-state index < -0.39 is 0 Å². The molecule has 236 valence electrons. The van der Waals surface area contributed by atoms with Crippen LogP contribution >= 0.6 is 0 Å². The second-order valence-corrected chi connectivity index (χ2v) is 14.0. The number of fused-ring (bicyclic) bond motifs is 8. The van der Waals surface area contributed by atoms with Crippen molar-refractivity contribution < 1.29 is 0 Å². The summed E-state index contributed by atoms with van der Waals surface area (Å²) >= 11 is 0. The first-order valence-corrected chi connectivity index (χ1v) is 17.3. The van der Waals surface area contributed by atoms with Gasteiger partial charge in [0.05, 0.1) is 5.52 Å². The molecule has 0 saturated carbocycles. The number of pyridine rings is 1. The van der Waals surface area contributed by atoms with Gasteiger partial charge in [0.2, 0.25) is 0 Å². The Labute approximate surface area is 290 Å². The fraction of sp³-hybridized carbons (Fsp3) is 0.0625. The number of aromatic nitrogens is 1. The van der Waals surface area contributed by atoms with Crippen molar-refractivity contribution >= 4 is 43.2 Å². The van der Waals surface area contributed by atoms with E-state index in [1.807, 2.05) is 53.1 Å². The molecule has 0 fully saturated rings. The van der Waals surface area contributed by atoms with Crippen LogP contribution in [0.1, 0.15) is 25.0 Å². The zero-order chi connectivity index (χ0) is 33.6. The average molecular weight is 640 g/mol. The number of hydrogen-bond acceptors (Lipinski definition) is 1. The van der Waals surface area contributed by atoms with E-state index in [1.54, 1.807) is 0 Å². The largest absolute Gasteiger partial charge is 0.276 e. The van der Waals surface area contributed by atoms with Crippen LogP contribution in [0.2, 0.25) is 0 Å². The molecule has 0 radical (unpaired) electrons. The molecule has 0 spiro atoms. The summed E-state index contributed by atoms with van der Waals surface area (Å²) in [6, 6.07) is 58.2. The summed E-state index contributed by atoms with van der Waals surface area (Å²) < 4.78 is 1.86. The van der Waals surface area contributed by atoms with Crippen LogP contribution in [0.15, 0.2) is 169 Å². The SMILES string of the molecule is CC1(C)c2ccccc2-c2ccc(-c3c4ccccc4c(-c4ccc5c(c4)c4ccccc4c(=O)n5-c4ccccc4)c4ccccc34)cc21. The van der Waals surface area contributed by atoms with Crippen LogP contribution in [0.25, 0.3) is 82.3 Å². The fourth-order valence-electron chi connectivity index (χ4n) is 8.68. The third-order valence-corrected chi connectivity index (χ3v) is 11.0. The molecule has 10 rings (SSSR count). The Morgan fingerprint density at radius 1 is 0.420 bits per heavy atom. The lowest BCUT2D eigenvalue weighted by Crippen LogP contribution is -2.19. The van der Waals surface area contributed by atoms with E-state index >= 15 is 0 Å². The maximum absolute atomic E-state index is 14.0. The van der Waals surface area contributed by atoms with E-state index in [-0.39, 0.29) is 11.0 Å². The van der Waals surface area contributed by atoms with Crippen molar-refractivity contribution in [2.75, 3.05) is 0 Å². The van der Waals surface area contributed by atoms with Gasteiger partial charge in [-0.25, -0.2) is 0 Å². The lowest BCUT2D eigenvalue weighted by molar-refractivity contribution is 0.660. The molecule has 50 heavy (non-hydrogen) atoms. The standard InChI is InChI=1S/C48H33NO/c1-48(2)42-23-13-12-17-34(42)35-26-24-31(29-43(35)48)46-38-20-9-7-18-36(38)45(37-19-8-10-21-39(37)46)30-25-27-44-41(28-30)33-16-6-11-22-40(33)47(50)49(44)32-14-4-3-5-15-32/h3-29H,1-2H3. The van der Waals surface area contributed by atoms with Gasteiger partial charge >= 0.3 is 0 Å². The Morgan fingerprint density at radius 3 is 1.58 bits per heavy atom. The van der Waals surface area contributed by atoms with Crippen molar-refractivity contribution in [1.82, 2.24) is 4.57 Å². The molecule has 1 aliphatic rings. The van der Waals surface area contributed by atoms with Gasteiger partial charge in [-0.3, -0.25) is 9.36 Å². The van der Waals surface area contributed by atoms with E-state index in [4.69, 9.17) is 0 Å². The maximum Gasteiger partial charge on any atom is 0.263 e. The molecule has 0 atom stereocenters. The second kappa shape index (κ2) is 10.6. The van der Waals surface area contributed by atoms with Gasteiger partial charge in [-0.15, -0.1) is 0 Å². The Hall–Kier alpha value is -6.25. The van der Waals surface area contributed by atoms with Gasteiger partial charge in [0, 0.05) is 21.9 Å². The van der Waals surface area contributed by atoms with Crippen molar-refractivity contribution in [2.24, 2.45) is 0 Å². The zero-order valence-corrected chi connectivity index (χ0v) is 27.9. The Morgan fingerprint density at radius 2 is 0.920 bits per heavy atom. The topological polar surface area (TPSA) is 22.0 Å². The quantitative estimate of drug-likeness (QED) is 0.139. The summed E-state index contributed by atoms with van der Waals surface area (Å²) in [5, 5.41) is 7.62. The van der Waals surface area contributed by atoms with Crippen LogP contribution in [0, 0.1) is 0 Å². The lowest BCUT2D eigenvalue weighted by atomic mass is 9.80. The molecule has 1 aromatic heterocycles. The molecule has 2 nitrogen and oxygen atoms in total. The van der Waals surface area contributed by atoms with Crippen LogP contribution in [0.3, 0.4) is 0 Å². The fourth-order valence-corrected chi connectivity index (χ4v) is 8.68. The molecule has 8 aromatic carbocycles. The average Bonchev–Trinajstić information content (AvgIpc) is 3.39. The predicted octanol–water partition coefficient (Wildman–Crippen LogP) is 12.1. The van der Waals surface area contributed by atoms with E-state index in [0.717, 1.165) is 27.5 Å². The Balaban J connectivity index is 1.26. The molecular formula is C48H33NO. The first kappa shape index (κ1) is 28.7. The van der Waals surface area contributed by atoms with Gasteiger partial charge in [0.25, 0.3) is 5.56 Å². The highest BCUT2D eigenvalue weighted by Crippen LogP contribution is 2.51. The van der Waals surface area contributed by atoms with Gasteiger partial charge in [0.1, 0.15) is 0 Å². The third-order valence-electron chi connectivity index (χ3n) is 11.0. The molecule has 1 heterocycles. The first-order chi connectivity index (χ1) is 24.5. The van der Waals surface area contributed by atoms with E-state index in [2.05, 4.69) is 129 Å². The monoisotopic (exact) mass is 639 g/mol. The van der Waals surface area contributed by atoms with Gasteiger partial charge in [-0.1, -0.05) is 141 Å². The molecule has 0 amide bonds. The number of nitrogens with zero attached hydrogens (tertiary/aromatic N) is 1. The number of hydrogen-bond donors (Lipinski definition) is 0. The predicted molar refractivity (Wildman–Crippen MR) is 210 cm³/mol. The lowest BCUT2D eigenvalue weighted by Gasteiger charge is -2.23. The first-order valence-electron chi connectivity index (χ1n) is 17.3. The molecule has 0 N–H and O–H groups in total. The number of para-hydroxylation sites is 1. The minimum Gasteiger partial charge on any atom is -0.276 e. The second-order valence-electron chi connectivity index (χ2n) is 14.0. The van der Waals surface area contributed by atoms with Gasteiger partial charge < -0.3 is 0 Å². The van der Waals surface area contributed by atoms with Crippen molar-refractivity contribution in [3.05, 3.63) is 185 Å². The van der Waals surface area contributed by atoms with Crippen molar-refractivity contribution in [2.45, 2.75) is 19.3 Å². The minimum atomic E-state index is -0.0814. The van der Waals surface area contributed by atoms with Gasteiger partial charge in [-0.05, 0) is 108 Å². The molecule has 0 aliphatic heterocycles. The van der Waals surface area contributed by atoms with Crippen LogP contribution in [-0.4, -0.2) is 4.57 Å². The maximum atomic E-state index is 14.0. The third kappa shape index (κ3) is 3.99. The molecule has 1 aliphatic carbocycles. The summed E-state index contributed by atoms with van der Waals surface area (Å²) in [7, 11) is 0. The number of rotatable bonds is 3. The van der Waals surface area contributed by atoms with E-state index in [1.165, 1.54) is 60.5 Å². The Kier molecular flexibility index (Phi) is 6.11. The van der Waals surface area contributed by atoms with Crippen molar-refractivity contribution in [3.8, 4) is 39.1 Å². The number of benzene rings is 8. The van der Waals surface area contributed by atoms with Crippen molar-refractivity contribution in [3.63, 3.8) is 0 Å². The Bertz CT molecular complexity index is 2860. The molecular weight excluding hydrogens is 607 g/mol. The highest BCUT2D eigenvalue weighted by molar-refractivity contribution is 6.22. The van der Waals surface area contributed by atoms with Crippen LogP contribution in [0.5, 0.6) is 0 Å². The minimum absolute atomic E-state index is 0.00655. The summed E-state index contributed by atoms with van der Waals surface area (Å²) in [6.07, 6.45) is 0. The van der Waals surface area contributed by atoms with Gasteiger partial charge in [-0.2, -0.15) is 0 Å². The zero-order valence-electron chi connectivity index (χ0n) is 27.9. The van der Waals surface area contributed by atoms with Crippen LogP contribution < -0.4 is 5.56 Å². The summed E-state index contributed by atoms with van der Waals surface area (Å²) in [5.41, 5.74) is 11.9. The molecule has 0 saturated heterocycles. The molecule has 0 bridgehead atoms. The molecule has 0 unspecified atom stereocenters.